The zero-order chi connectivity index (χ0) is 23.8. The van der Waals surface area contributed by atoms with E-state index in [1.165, 1.54) is 4.90 Å². The van der Waals surface area contributed by atoms with Crippen LogP contribution in [0.15, 0.2) is 48.5 Å². The van der Waals surface area contributed by atoms with Crippen molar-refractivity contribution in [1.82, 2.24) is 10.2 Å². The first kappa shape index (κ1) is 22.8. The van der Waals surface area contributed by atoms with Gasteiger partial charge in [0.1, 0.15) is 18.2 Å². The number of aliphatic carboxylic acids is 1. The number of alkyl carbamates (subject to hydrolysis) is 1. The van der Waals surface area contributed by atoms with Gasteiger partial charge in [-0.2, -0.15) is 0 Å². The summed E-state index contributed by atoms with van der Waals surface area (Å²) in [5, 5.41) is 12.2. The lowest BCUT2D eigenvalue weighted by Crippen LogP contribution is -2.61. The van der Waals surface area contributed by atoms with Gasteiger partial charge in [-0.05, 0) is 54.9 Å². The minimum Gasteiger partial charge on any atom is -0.480 e. The normalized spacial score (nSPS) is 20.0. The number of hydrogen-bond donors (Lipinski definition) is 2. The molecule has 7 nitrogen and oxygen atoms in total. The van der Waals surface area contributed by atoms with Crippen LogP contribution in [-0.4, -0.2) is 52.7 Å². The summed E-state index contributed by atoms with van der Waals surface area (Å²) in [6.45, 7) is 5.63. The molecule has 1 heterocycles. The third-order valence-corrected chi connectivity index (χ3v) is 6.70. The van der Waals surface area contributed by atoms with Gasteiger partial charge in [0, 0.05) is 12.5 Å². The second-order valence-electron chi connectivity index (χ2n) is 9.56. The third-order valence-electron chi connectivity index (χ3n) is 6.70. The van der Waals surface area contributed by atoms with Crippen LogP contribution in [0, 0.1) is 5.92 Å². The molecule has 0 aromatic heterocycles. The molecule has 2 aliphatic rings. The Hall–Kier alpha value is -3.35. The molecule has 0 saturated carbocycles. The fraction of sp³-hybridized carbons (Fsp3) is 0.423. The highest BCUT2D eigenvalue weighted by Crippen LogP contribution is 2.44. The molecule has 2 atom stereocenters. The van der Waals surface area contributed by atoms with Gasteiger partial charge in [0.25, 0.3) is 0 Å². The van der Waals surface area contributed by atoms with Gasteiger partial charge in [-0.15, -0.1) is 0 Å². The summed E-state index contributed by atoms with van der Waals surface area (Å²) in [7, 11) is 0. The molecule has 0 radical (unpaired) electrons. The van der Waals surface area contributed by atoms with E-state index < -0.39 is 29.6 Å². The van der Waals surface area contributed by atoms with E-state index in [9.17, 15) is 19.5 Å². The highest BCUT2D eigenvalue weighted by atomic mass is 16.5. The second kappa shape index (κ2) is 8.89. The number of rotatable bonds is 5. The lowest BCUT2D eigenvalue weighted by atomic mass is 9.90. The monoisotopic (exact) mass is 450 g/mol. The Labute approximate surface area is 193 Å². The van der Waals surface area contributed by atoms with Gasteiger partial charge in [0.05, 0.1) is 0 Å². The number of carboxylic acid groups (broad SMARTS) is 1. The van der Waals surface area contributed by atoms with E-state index in [4.69, 9.17) is 4.74 Å². The van der Waals surface area contributed by atoms with E-state index in [2.05, 4.69) is 17.4 Å². The summed E-state index contributed by atoms with van der Waals surface area (Å²) >= 11 is 0. The van der Waals surface area contributed by atoms with Crippen LogP contribution in [0.5, 0.6) is 0 Å². The van der Waals surface area contributed by atoms with Crippen LogP contribution >= 0.6 is 0 Å². The van der Waals surface area contributed by atoms with Crippen molar-refractivity contribution in [3.05, 3.63) is 59.7 Å². The number of ether oxygens (including phenoxy) is 1. The molecule has 7 heteroatoms. The summed E-state index contributed by atoms with van der Waals surface area (Å²) in [5.74, 6) is -1.29. The minimum atomic E-state index is -1.29. The smallest absolute Gasteiger partial charge is 0.408 e. The molecule has 0 bridgehead atoms. The van der Waals surface area contributed by atoms with Crippen molar-refractivity contribution >= 4 is 18.0 Å². The summed E-state index contributed by atoms with van der Waals surface area (Å²) in [4.78, 5) is 38.9. The summed E-state index contributed by atoms with van der Waals surface area (Å²) in [6.07, 6.45) is 0.436. The Kier molecular flexibility index (Phi) is 6.15. The molecule has 174 valence electrons. The number of hydrogen-bond acceptors (Lipinski definition) is 4. The van der Waals surface area contributed by atoms with E-state index in [0.717, 1.165) is 28.7 Å². The lowest BCUT2D eigenvalue weighted by Gasteiger charge is -2.40. The number of nitrogens with one attached hydrogen (secondary N) is 1. The first-order chi connectivity index (χ1) is 15.7. The number of amides is 2. The molecule has 2 unspecified atom stereocenters. The maximum atomic E-state index is 13.2. The van der Waals surface area contributed by atoms with Crippen molar-refractivity contribution in [2.75, 3.05) is 13.2 Å². The van der Waals surface area contributed by atoms with Gasteiger partial charge in [-0.3, -0.25) is 4.79 Å². The average molecular weight is 451 g/mol. The Bertz CT molecular complexity index is 1030. The van der Waals surface area contributed by atoms with Crippen LogP contribution in [0.3, 0.4) is 0 Å². The van der Waals surface area contributed by atoms with Gasteiger partial charge in [-0.25, -0.2) is 9.59 Å². The quantitative estimate of drug-likeness (QED) is 0.717. The first-order valence-corrected chi connectivity index (χ1v) is 11.4. The summed E-state index contributed by atoms with van der Waals surface area (Å²) in [6, 6.07) is 15.2. The van der Waals surface area contributed by atoms with Crippen molar-refractivity contribution in [3.8, 4) is 11.1 Å². The topological polar surface area (TPSA) is 95.9 Å². The zero-order valence-corrected chi connectivity index (χ0v) is 19.2. The van der Waals surface area contributed by atoms with E-state index in [1.54, 1.807) is 13.8 Å². The van der Waals surface area contributed by atoms with Gasteiger partial charge in [-0.1, -0.05) is 55.5 Å². The average Bonchev–Trinajstić information content (AvgIpc) is 3.10. The van der Waals surface area contributed by atoms with Crippen LogP contribution in [0.4, 0.5) is 4.79 Å². The Morgan fingerprint density at radius 1 is 1.06 bits per heavy atom. The number of carboxylic acids is 1. The Morgan fingerprint density at radius 2 is 1.64 bits per heavy atom. The van der Waals surface area contributed by atoms with E-state index >= 15 is 0 Å². The highest BCUT2D eigenvalue weighted by Gasteiger charge is 2.42. The number of fused-ring (bicyclic) bond motifs is 3. The maximum Gasteiger partial charge on any atom is 0.408 e. The number of benzene rings is 2. The van der Waals surface area contributed by atoms with Crippen LogP contribution in [0.2, 0.25) is 0 Å². The molecule has 4 rings (SSSR count). The van der Waals surface area contributed by atoms with Crippen LogP contribution in [-0.2, 0) is 14.3 Å². The van der Waals surface area contributed by atoms with Crippen molar-refractivity contribution in [1.29, 1.82) is 0 Å². The molecule has 1 saturated heterocycles. The fourth-order valence-corrected chi connectivity index (χ4v) is 4.92. The Morgan fingerprint density at radius 3 is 2.21 bits per heavy atom. The van der Waals surface area contributed by atoms with Gasteiger partial charge in [0.2, 0.25) is 5.91 Å². The number of likely N-dealkylation sites (tertiary alicyclic amines) is 1. The molecule has 1 aliphatic heterocycles. The molecule has 33 heavy (non-hydrogen) atoms. The molecular weight excluding hydrogens is 420 g/mol. The summed E-state index contributed by atoms with van der Waals surface area (Å²) in [5.41, 5.74) is 3.19. The van der Waals surface area contributed by atoms with Gasteiger partial charge in [0.15, 0.2) is 0 Å². The number of piperidine rings is 1. The van der Waals surface area contributed by atoms with E-state index in [0.29, 0.717) is 13.0 Å². The molecular formula is C26H30N2O5. The van der Waals surface area contributed by atoms with Gasteiger partial charge >= 0.3 is 12.1 Å². The van der Waals surface area contributed by atoms with Crippen molar-refractivity contribution in [2.24, 2.45) is 5.92 Å². The fourth-order valence-electron chi connectivity index (χ4n) is 4.92. The number of nitrogens with zero attached hydrogens (tertiary/aromatic N) is 1. The zero-order valence-electron chi connectivity index (χ0n) is 19.2. The first-order valence-electron chi connectivity index (χ1n) is 11.4. The molecule has 2 amide bonds. The predicted octanol–water partition coefficient (Wildman–Crippen LogP) is 4.02. The van der Waals surface area contributed by atoms with E-state index in [1.807, 2.05) is 43.3 Å². The molecule has 1 fully saturated rings. The SMILES string of the molecule is CC1CCN(C(=O)C(C)(C)NC(=O)OCC2c3ccccc3-c3ccccc32)C(C(=O)O)C1. The number of carbonyl (C=O) groups is 3. The van der Waals surface area contributed by atoms with Crippen LogP contribution in [0.1, 0.15) is 50.7 Å². The van der Waals surface area contributed by atoms with Crippen molar-refractivity contribution < 1.29 is 24.2 Å². The molecule has 0 spiro atoms. The van der Waals surface area contributed by atoms with Gasteiger partial charge < -0.3 is 20.1 Å². The maximum absolute atomic E-state index is 13.2. The standard InChI is InChI=1S/C26H30N2O5/c1-16-12-13-28(22(14-16)23(29)30)24(31)26(2,3)27-25(32)33-15-21-19-10-6-4-8-17(19)18-9-5-7-11-20(18)21/h4-11,16,21-22H,12-15H2,1-3H3,(H,27,32)(H,29,30). The van der Waals surface area contributed by atoms with E-state index in [-0.39, 0.29) is 18.4 Å². The Balaban J connectivity index is 1.42. The highest BCUT2D eigenvalue weighted by molar-refractivity contribution is 5.92. The largest absolute Gasteiger partial charge is 0.480 e. The minimum absolute atomic E-state index is 0.0815. The summed E-state index contributed by atoms with van der Waals surface area (Å²) < 4.78 is 5.57. The van der Waals surface area contributed by atoms with Crippen LogP contribution < -0.4 is 5.32 Å². The third kappa shape index (κ3) is 4.45. The molecule has 2 N–H and O–H groups in total. The van der Waals surface area contributed by atoms with Crippen molar-refractivity contribution in [3.63, 3.8) is 0 Å². The lowest BCUT2D eigenvalue weighted by molar-refractivity contribution is -0.155. The molecule has 2 aromatic carbocycles. The van der Waals surface area contributed by atoms with Crippen LogP contribution in [0.25, 0.3) is 11.1 Å². The van der Waals surface area contributed by atoms with Crippen molar-refractivity contribution in [2.45, 2.75) is 51.1 Å². The number of carbonyl (C=O) groups excluding carboxylic acids is 2. The predicted molar refractivity (Wildman–Crippen MR) is 124 cm³/mol. The molecule has 1 aliphatic carbocycles. The molecule has 2 aromatic rings. The second-order valence-corrected chi connectivity index (χ2v) is 9.56.